The normalized spacial score (nSPS) is 11.4. The average Bonchev–Trinajstić information content (AvgIpc) is 2.65. The van der Waals surface area contributed by atoms with E-state index in [2.05, 4.69) is 5.32 Å². The number of aryl methyl sites for hydroxylation is 1. The fourth-order valence-electron chi connectivity index (χ4n) is 2.39. The van der Waals surface area contributed by atoms with Crippen molar-refractivity contribution in [3.05, 3.63) is 53.6 Å². The summed E-state index contributed by atoms with van der Waals surface area (Å²) >= 11 is 0. The molecular weight excluding hydrogens is 346 g/mol. The Labute approximate surface area is 159 Å². The highest BCUT2D eigenvalue weighted by atomic mass is 16.6. The van der Waals surface area contributed by atoms with Gasteiger partial charge in [0.15, 0.2) is 24.2 Å². The predicted molar refractivity (Wildman–Crippen MR) is 103 cm³/mol. The first-order chi connectivity index (χ1) is 12.9. The number of esters is 1. The standard InChI is InChI=1S/C21H25NO5/c1-5-25-18-11-6-7-12-19(18)26-13-20(23)27-16(4)21(24)22-17-10-8-9-14(2)15(17)3/h6-12,16H,5,13H2,1-4H3,(H,22,24)/t16-/m1/s1. The lowest BCUT2D eigenvalue weighted by atomic mass is 10.1. The zero-order chi connectivity index (χ0) is 19.8. The number of amides is 1. The Hall–Kier alpha value is -3.02. The molecule has 6 heteroatoms. The third-order valence-electron chi connectivity index (χ3n) is 4.03. The molecule has 0 saturated carbocycles. The Bertz CT molecular complexity index is 803. The first kappa shape index (κ1) is 20.3. The molecule has 1 atom stereocenters. The zero-order valence-corrected chi connectivity index (χ0v) is 16.1. The molecule has 2 rings (SSSR count). The van der Waals surface area contributed by atoms with E-state index in [1.54, 1.807) is 18.2 Å². The lowest BCUT2D eigenvalue weighted by Crippen LogP contribution is -2.32. The third-order valence-corrected chi connectivity index (χ3v) is 4.03. The predicted octanol–water partition coefficient (Wildman–Crippen LogP) is 3.65. The molecule has 2 aromatic carbocycles. The van der Waals surface area contributed by atoms with Crippen LogP contribution in [0.15, 0.2) is 42.5 Å². The van der Waals surface area contributed by atoms with E-state index in [4.69, 9.17) is 14.2 Å². The number of anilines is 1. The molecule has 0 saturated heterocycles. The molecule has 27 heavy (non-hydrogen) atoms. The second-order valence-electron chi connectivity index (χ2n) is 6.04. The third kappa shape index (κ3) is 5.74. The van der Waals surface area contributed by atoms with Crippen molar-refractivity contribution in [2.45, 2.75) is 33.8 Å². The fourth-order valence-corrected chi connectivity index (χ4v) is 2.39. The van der Waals surface area contributed by atoms with Crippen LogP contribution in [0, 0.1) is 13.8 Å². The zero-order valence-electron chi connectivity index (χ0n) is 16.1. The summed E-state index contributed by atoms with van der Waals surface area (Å²) in [6.45, 7) is 7.44. The molecule has 6 nitrogen and oxygen atoms in total. The van der Waals surface area contributed by atoms with Gasteiger partial charge < -0.3 is 19.5 Å². The van der Waals surface area contributed by atoms with Gasteiger partial charge in [-0.2, -0.15) is 0 Å². The molecule has 0 spiro atoms. The molecule has 1 amide bonds. The van der Waals surface area contributed by atoms with Gasteiger partial charge in [-0.25, -0.2) is 4.79 Å². The molecule has 0 heterocycles. The van der Waals surface area contributed by atoms with Crippen molar-refractivity contribution in [1.82, 2.24) is 0 Å². The van der Waals surface area contributed by atoms with Crippen molar-refractivity contribution in [1.29, 1.82) is 0 Å². The molecule has 2 aromatic rings. The summed E-state index contributed by atoms with van der Waals surface area (Å²) in [5.74, 6) is -0.0333. The van der Waals surface area contributed by atoms with Gasteiger partial charge in [0.2, 0.25) is 0 Å². The van der Waals surface area contributed by atoms with E-state index in [9.17, 15) is 9.59 Å². The van der Waals surface area contributed by atoms with Crippen LogP contribution < -0.4 is 14.8 Å². The van der Waals surface area contributed by atoms with Crippen LogP contribution >= 0.6 is 0 Å². The maximum absolute atomic E-state index is 12.3. The van der Waals surface area contributed by atoms with Crippen molar-refractivity contribution in [3.63, 3.8) is 0 Å². The quantitative estimate of drug-likeness (QED) is 0.717. The summed E-state index contributed by atoms with van der Waals surface area (Å²) in [4.78, 5) is 24.3. The van der Waals surface area contributed by atoms with Gasteiger partial charge in [0.25, 0.3) is 5.91 Å². The number of hydrogen-bond acceptors (Lipinski definition) is 5. The van der Waals surface area contributed by atoms with Crippen LogP contribution in [0.25, 0.3) is 0 Å². The second kappa shape index (κ2) is 9.62. The molecule has 0 radical (unpaired) electrons. The van der Waals surface area contributed by atoms with E-state index in [0.29, 0.717) is 23.8 Å². The van der Waals surface area contributed by atoms with Crippen molar-refractivity contribution in [2.24, 2.45) is 0 Å². The van der Waals surface area contributed by atoms with Crippen LogP contribution in [0.1, 0.15) is 25.0 Å². The Kier molecular flexibility index (Phi) is 7.23. The van der Waals surface area contributed by atoms with Gasteiger partial charge in [0.1, 0.15) is 0 Å². The Morgan fingerprint density at radius 3 is 2.33 bits per heavy atom. The molecule has 0 unspecified atom stereocenters. The molecule has 0 aliphatic heterocycles. The molecule has 0 aromatic heterocycles. The van der Waals surface area contributed by atoms with Crippen LogP contribution in [0.5, 0.6) is 11.5 Å². The molecule has 0 fully saturated rings. The summed E-state index contributed by atoms with van der Waals surface area (Å²) in [5, 5.41) is 2.78. The van der Waals surface area contributed by atoms with Crippen molar-refractivity contribution in [3.8, 4) is 11.5 Å². The lowest BCUT2D eigenvalue weighted by Gasteiger charge is -2.16. The molecular formula is C21H25NO5. The largest absolute Gasteiger partial charge is 0.490 e. The van der Waals surface area contributed by atoms with E-state index in [-0.39, 0.29) is 6.61 Å². The van der Waals surface area contributed by atoms with Gasteiger partial charge in [0, 0.05) is 5.69 Å². The number of ether oxygens (including phenoxy) is 3. The van der Waals surface area contributed by atoms with E-state index >= 15 is 0 Å². The molecule has 0 bridgehead atoms. The number of para-hydroxylation sites is 2. The number of hydrogen-bond donors (Lipinski definition) is 1. The highest BCUT2D eigenvalue weighted by Gasteiger charge is 2.19. The molecule has 144 valence electrons. The second-order valence-corrected chi connectivity index (χ2v) is 6.04. The first-order valence-electron chi connectivity index (χ1n) is 8.83. The van der Waals surface area contributed by atoms with E-state index in [0.717, 1.165) is 11.1 Å². The van der Waals surface area contributed by atoms with Crippen LogP contribution in [0.4, 0.5) is 5.69 Å². The Balaban J connectivity index is 1.88. The van der Waals surface area contributed by atoms with Crippen LogP contribution in [0.2, 0.25) is 0 Å². The number of carbonyl (C=O) groups is 2. The number of carbonyl (C=O) groups excluding carboxylic acids is 2. The number of rotatable bonds is 8. The van der Waals surface area contributed by atoms with E-state index < -0.39 is 18.0 Å². The summed E-state index contributed by atoms with van der Waals surface area (Å²) in [6, 6.07) is 12.7. The Morgan fingerprint density at radius 1 is 1.00 bits per heavy atom. The minimum Gasteiger partial charge on any atom is -0.490 e. The topological polar surface area (TPSA) is 73.9 Å². The fraction of sp³-hybridized carbons (Fsp3) is 0.333. The molecule has 0 aliphatic rings. The van der Waals surface area contributed by atoms with Crippen LogP contribution in [0.3, 0.4) is 0 Å². The average molecular weight is 371 g/mol. The van der Waals surface area contributed by atoms with Crippen molar-refractivity contribution >= 4 is 17.6 Å². The lowest BCUT2D eigenvalue weighted by molar-refractivity contribution is -0.155. The van der Waals surface area contributed by atoms with Gasteiger partial charge in [-0.05, 0) is 57.0 Å². The van der Waals surface area contributed by atoms with Gasteiger partial charge in [-0.3, -0.25) is 4.79 Å². The van der Waals surface area contributed by atoms with Crippen LogP contribution in [-0.2, 0) is 14.3 Å². The van der Waals surface area contributed by atoms with Gasteiger partial charge in [0.05, 0.1) is 6.61 Å². The minimum atomic E-state index is -0.942. The minimum absolute atomic E-state index is 0.314. The highest BCUT2D eigenvalue weighted by molar-refractivity contribution is 5.95. The maximum atomic E-state index is 12.3. The smallest absolute Gasteiger partial charge is 0.344 e. The molecule has 0 aliphatic carbocycles. The van der Waals surface area contributed by atoms with E-state index in [1.807, 2.05) is 45.0 Å². The molecule has 1 N–H and O–H groups in total. The monoisotopic (exact) mass is 371 g/mol. The summed E-state index contributed by atoms with van der Waals surface area (Å²) in [6.07, 6.45) is -0.942. The van der Waals surface area contributed by atoms with Gasteiger partial charge in [-0.15, -0.1) is 0 Å². The summed E-state index contributed by atoms with van der Waals surface area (Å²) in [5.41, 5.74) is 2.74. The SMILES string of the molecule is CCOc1ccccc1OCC(=O)O[C@H](C)C(=O)Nc1cccc(C)c1C. The van der Waals surface area contributed by atoms with E-state index in [1.165, 1.54) is 6.92 Å². The van der Waals surface area contributed by atoms with Crippen LogP contribution in [-0.4, -0.2) is 31.2 Å². The number of nitrogens with one attached hydrogen (secondary N) is 1. The Morgan fingerprint density at radius 2 is 1.67 bits per heavy atom. The highest BCUT2D eigenvalue weighted by Crippen LogP contribution is 2.26. The first-order valence-corrected chi connectivity index (χ1v) is 8.83. The maximum Gasteiger partial charge on any atom is 0.344 e. The van der Waals surface area contributed by atoms with Gasteiger partial charge in [-0.1, -0.05) is 24.3 Å². The van der Waals surface area contributed by atoms with Crippen molar-refractivity contribution < 1.29 is 23.8 Å². The number of benzene rings is 2. The van der Waals surface area contributed by atoms with Gasteiger partial charge >= 0.3 is 5.97 Å². The summed E-state index contributed by atoms with van der Waals surface area (Å²) in [7, 11) is 0. The van der Waals surface area contributed by atoms with Crippen molar-refractivity contribution in [2.75, 3.05) is 18.5 Å². The summed E-state index contributed by atoms with van der Waals surface area (Å²) < 4.78 is 16.0.